The fourth-order valence-corrected chi connectivity index (χ4v) is 1.03. The van der Waals surface area contributed by atoms with Gasteiger partial charge in [-0.1, -0.05) is 24.0 Å². The molecule has 1 rings (SSSR count). The monoisotopic (exact) mass is 148 g/mol. The first-order valence-electron chi connectivity index (χ1n) is 3.90. The molecule has 58 valence electrons. The predicted molar refractivity (Wildman–Crippen MR) is 45.9 cm³/mol. The van der Waals surface area contributed by atoms with Gasteiger partial charge in [-0.15, -0.1) is 0 Å². The molecule has 0 amide bonds. The van der Waals surface area contributed by atoms with Crippen LogP contribution in [0, 0.1) is 11.8 Å². The maximum atomic E-state index is 8.39. The van der Waals surface area contributed by atoms with Crippen molar-refractivity contribution in [2.45, 2.75) is 19.3 Å². The van der Waals surface area contributed by atoms with E-state index in [2.05, 4.69) is 17.9 Å². The molecule has 11 heavy (non-hydrogen) atoms. The minimum absolute atomic E-state index is 0.0771. The zero-order valence-corrected chi connectivity index (χ0v) is 6.51. The summed E-state index contributed by atoms with van der Waals surface area (Å²) in [6.07, 6.45) is 9.06. The van der Waals surface area contributed by atoms with Crippen molar-refractivity contribution in [1.29, 1.82) is 0 Å². The molecule has 1 N–H and O–H groups in total. The van der Waals surface area contributed by atoms with Crippen LogP contribution < -0.4 is 0 Å². The van der Waals surface area contributed by atoms with Crippen molar-refractivity contribution >= 4 is 0 Å². The Bertz CT molecular complexity index is 225. The van der Waals surface area contributed by atoms with E-state index in [1.165, 1.54) is 18.4 Å². The topological polar surface area (TPSA) is 20.2 Å². The molecule has 0 atom stereocenters. The van der Waals surface area contributed by atoms with Crippen molar-refractivity contribution in [3.8, 4) is 11.8 Å². The van der Waals surface area contributed by atoms with Gasteiger partial charge in [0.1, 0.15) is 0 Å². The van der Waals surface area contributed by atoms with Gasteiger partial charge in [-0.25, -0.2) is 0 Å². The largest absolute Gasteiger partial charge is 0.392 e. The molecule has 0 heterocycles. The summed E-state index contributed by atoms with van der Waals surface area (Å²) in [5, 5.41) is 8.39. The first-order valence-corrected chi connectivity index (χ1v) is 3.90. The highest BCUT2D eigenvalue weighted by Crippen LogP contribution is 2.15. The van der Waals surface area contributed by atoms with E-state index in [-0.39, 0.29) is 6.61 Å². The van der Waals surface area contributed by atoms with Gasteiger partial charge in [0.25, 0.3) is 0 Å². The maximum absolute atomic E-state index is 8.39. The fourth-order valence-electron chi connectivity index (χ4n) is 1.03. The molecule has 0 saturated heterocycles. The molecule has 1 aliphatic rings. The van der Waals surface area contributed by atoms with E-state index in [1.54, 1.807) is 12.2 Å². The Kier molecular flexibility index (Phi) is 3.51. The van der Waals surface area contributed by atoms with Gasteiger partial charge in [0.2, 0.25) is 0 Å². The molecule has 1 nitrogen and oxygen atoms in total. The van der Waals surface area contributed by atoms with Crippen LogP contribution in [-0.4, -0.2) is 11.7 Å². The second-order valence-corrected chi connectivity index (χ2v) is 2.48. The van der Waals surface area contributed by atoms with E-state index in [0.29, 0.717) is 0 Å². The van der Waals surface area contributed by atoms with Crippen LogP contribution in [0.1, 0.15) is 19.3 Å². The summed E-state index contributed by atoms with van der Waals surface area (Å²) in [5.74, 6) is 5.90. The Labute approximate surface area is 67.4 Å². The second kappa shape index (κ2) is 4.76. The minimum Gasteiger partial charge on any atom is -0.392 e. The van der Waals surface area contributed by atoms with Crippen LogP contribution in [0.2, 0.25) is 0 Å². The van der Waals surface area contributed by atoms with Gasteiger partial charge in [0, 0.05) is 0 Å². The lowest BCUT2D eigenvalue weighted by Crippen LogP contribution is -1.70. The van der Waals surface area contributed by atoms with Crippen molar-refractivity contribution in [1.82, 2.24) is 0 Å². The lowest BCUT2D eigenvalue weighted by molar-refractivity contribution is 0.343. The van der Waals surface area contributed by atoms with Crippen LogP contribution in [0.15, 0.2) is 23.8 Å². The first-order chi connectivity index (χ1) is 5.43. The van der Waals surface area contributed by atoms with Gasteiger partial charge in [0.05, 0.1) is 6.61 Å². The molecule has 0 unspecified atom stereocenters. The van der Waals surface area contributed by atoms with E-state index in [0.717, 1.165) is 6.42 Å². The van der Waals surface area contributed by atoms with Crippen molar-refractivity contribution in [2.75, 3.05) is 6.61 Å². The summed E-state index contributed by atoms with van der Waals surface area (Å²) in [7, 11) is 0. The number of aliphatic hydroxyl groups is 1. The number of allylic oxidation sites excluding steroid dienone is 3. The Hall–Kier alpha value is -1.00. The molecule has 0 aromatic carbocycles. The summed E-state index contributed by atoms with van der Waals surface area (Å²) >= 11 is 0. The Morgan fingerprint density at radius 2 is 2.55 bits per heavy atom. The van der Waals surface area contributed by atoms with E-state index in [9.17, 15) is 0 Å². The molecule has 0 saturated carbocycles. The van der Waals surface area contributed by atoms with E-state index in [1.807, 2.05) is 0 Å². The van der Waals surface area contributed by atoms with Crippen LogP contribution >= 0.6 is 0 Å². The van der Waals surface area contributed by atoms with Gasteiger partial charge in [-0.05, 0) is 30.9 Å². The van der Waals surface area contributed by atoms with Crippen molar-refractivity contribution in [2.24, 2.45) is 0 Å². The summed E-state index contributed by atoms with van der Waals surface area (Å²) in [4.78, 5) is 0. The van der Waals surface area contributed by atoms with Crippen molar-refractivity contribution in [3.05, 3.63) is 23.8 Å². The lowest BCUT2D eigenvalue weighted by Gasteiger charge is -1.82. The second-order valence-electron chi connectivity index (χ2n) is 2.48. The highest BCUT2D eigenvalue weighted by molar-refractivity contribution is 5.34. The fraction of sp³-hybridized carbons (Fsp3) is 0.400. The average Bonchev–Trinajstić information content (AvgIpc) is 2.50. The molecule has 0 radical (unpaired) electrons. The number of aliphatic hydroxyl groups excluding tert-OH is 1. The maximum Gasteiger partial charge on any atom is 0.0621 e. The summed E-state index contributed by atoms with van der Waals surface area (Å²) < 4.78 is 0. The van der Waals surface area contributed by atoms with Crippen LogP contribution in [0.5, 0.6) is 0 Å². The summed E-state index contributed by atoms with van der Waals surface area (Å²) in [6, 6.07) is 0. The standard InChI is InChI=1S/C10H12O/c11-9-5-1-2-6-10-7-3-4-8-10/h1,5,7,11H,3-4,8-9H2/b5-1+. The van der Waals surface area contributed by atoms with Crippen LogP contribution in [0.3, 0.4) is 0 Å². The highest BCUT2D eigenvalue weighted by Gasteiger charge is 1.98. The van der Waals surface area contributed by atoms with Gasteiger partial charge >= 0.3 is 0 Å². The molecule has 0 fully saturated rings. The summed E-state index contributed by atoms with van der Waals surface area (Å²) in [6.45, 7) is 0.0771. The van der Waals surface area contributed by atoms with Crippen molar-refractivity contribution in [3.63, 3.8) is 0 Å². The zero-order chi connectivity index (χ0) is 7.94. The average molecular weight is 148 g/mol. The van der Waals surface area contributed by atoms with Gasteiger partial charge in [-0.3, -0.25) is 0 Å². The van der Waals surface area contributed by atoms with E-state index >= 15 is 0 Å². The third-order valence-electron chi connectivity index (χ3n) is 1.58. The third-order valence-corrected chi connectivity index (χ3v) is 1.58. The lowest BCUT2D eigenvalue weighted by atomic mass is 10.2. The Morgan fingerprint density at radius 3 is 3.18 bits per heavy atom. The molecule has 0 aromatic heterocycles. The molecule has 1 heteroatoms. The number of rotatable bonds is 1. The molecule has 1 aliphatic carbocycles. The van der Waals surface area contributed by atoms with Crippen LogP contribution in [0.4, 0.5) is 0 Å². The zero-order valence-electron chi connectivity index (χ0n) is 6.51. The molecule has 0 aliphatic heterocycles. The first kappa shape index (κ1) is 8.10. The molecular formula is C10H12O. The van der Waals surface area contributed by atoms with Gasteiger partial charge in [-0.2, -0.15) is 0 Å². The summed E-state index contributed by atoms with van der Waals surface area (Å²) in [5.41, 5.74) is 1.24. The van der Waals surface area contributed by atoms with Gasteiger partial charge < -0.3 is 5.11 Å². The van der Waals surface area contributed by atoms with Crippen molar-refractivity contribution < 1.29 is 5.11 Å². The molecular weight excluding hydrogens is 136 g/mol. The Balaban J connectivity index is 2.37. The van der Waals surface area contributed by atoms with E-state index < -0.39 is 0 Å². The van der Waals surface area contributed by atoms with Crippen LogP contribution in [0.25, 0.3) is 0 Å². The normalized spacial score (nSPS) is 16.3. The third kappa shape index (κ3) is 3.06. The smallest absolute Gasteiger partial charge is 0.0621 e. The van der Waals surface area contributed by atoms with E-state index in [4.69, 9.17) is 5.11 Å². The quantitative estimate of drug-likeness (QED) is 0.560. The minimum atomic E-state index is 0.0771. The Morgan fingerprint density at radius 1 is 1.64 bits per heavy atom. The predicted octanol–water partition coefficient (Wildman–Crippen LogP) is 1.65. The number of hydrogen-bond donors (Lipinski definition) is 1. The molecule has 0 aromatic rings. The highest BCUT2D eigenvalue weighted by atomic mass is 16.2. The molecule has 0 spiro atoms. The van der Waals surface area contributed by atoms with Gasteiger partial charge in [0.15, 0.2) is 0 Å². The number of hydrogen-bond acceptors (Lipinski definition) is 1. The molecule has 0 bridgehead atoms. The SMILES string of the molecule is OC/C=C/C#CC1=CCCC1. The van der Waals surface area contributed by atoms with Crippen LogP contribution in [-0.2, 0) is 0 Å².